The standard InChI is InChI=1S/C14H24N4O/c1-3-15-13-10(2)14(17-9-16-13)18-12-7-5-4-6-11(12)8-19/h9,11-12,19H,3-8H2,1-2H3,(H2,15,16,17,18). The van der Waals surface area contributed by atoms with E-state index in [1.165, 1.54) is 12.8 Å². The van der Waals surface area contributed by atoms with Crippen LogP contribution in [0.1, 0.15) is 38.2 Å². The van der Waals surface area contributed by atoms with E-state index < -0.39 is 0 Å². The van der Waals surface area contributed by atoms with Crippen molar-refractivity contribution in [2.45, 2.75) is 45.6 Å². The molecule has 1 aliphatic rings. The minimum Gasteiger partial charge on any atom is -0.396 e. The summed E-state index contributed by atoms with van der Waals surface area (Å²) >= 11 is 0. The molecule has 1 aliphatic carbocycles. The molecular weight excluding hydrogens is 240 g/mol. The van der Waals surface area contributed by atoms with Crippen molar-refractivity contribution in [3.8, 4) is 0 Å². The minimum atomic E-state index is 0.252. The van der Waals surface area contributed by atoms with Gasteiger partial charge in [-0.25, -0.2) is 9.97 Å². The molecule has 0 amide bonds. The number of anilines is 2. The minimum absolute atomic E-state index is 0.252. The maximum Gasteiger partial charge on any atom is 0.134 e. The van der Waals surface area contributed by atoms with E-state index in [1.807, 2.05) is 6.92 Å². The molecule has 19 heavy (non-hydrogen) atoms. The second kappa shape index (κ2) is 6.70. The number of nitrogens with zero attached hydrogens (tertiary/aromatic N) is 2. The van der Waals surface area contributed by atoms with Gasteiger partial charge >= 0.3 is 0 Å². The van der Waals surface area contributed by atoms with Crippen molar-refractivity contribution < 1.29 is 5.11 Å². The molecule has 0 saturated heterocycles. The van der Waals surface area contributed by atoms with Gasteiger partial charge in [-0.15, -0.1) is 0 Å². The molecule has 0 bridgehead atoms. The SMILES string of the molecule is CCNc1ncnc(NC2CCCCC2CO)c1C. The van der Waals surface area contributed by atoms with Gasteiger partial charge < -0.3 is 15.7 Å². The summed E-state index contributed by atoms with van der Waals surface area (Å²) in [5, 5.41) is 16.2. The third-order valence-corrected chi connectivity index (χ3v) is 3.89. The largest absolute Gasteiger partial charge is 0.396 e. The fourth-order valence-electron chi connectivity index (χ4n) is 2.73. The van der Waals surface area contributed by atoms with Crippen LogP contribution in [0.15, 0.2) is 6.33 Å². The van der Waals surface area contributed by atoms with Gasteiger partial charge in [0.2, 0.25) is 0 Å². The van der Waals surface area contributed by atoms with Crippen LogP contribution in [0.3, 0.4) is 0 Å². The van der Waals surface area contributed by atoms with E-state index in [0.717, 1.165) is 36.6 Å². The molecule has 0 radical (unpaired) electrons. The van der Waals surface area contributed by atoms with Gasteiger partial charge in [0.1, 0.15) is 18.0 Å². The molecule has 3 N–H and O–H groups in total. The summed E-state index contributed by atoms with van der Waals surface area (Å²) in [6.07, 6.45) is 6.22. The molecule has 2 unspecified atom stereocenters. The third kappa shape index (κ3) is 3.35. The second-order valence-corrected chi connectivity index (χ2v) is 5.20. The first-order valence-corrected chi connectivity index (χ1v) is 7.19. The maximum atomic E-state index is 9.46. The van der Waals surface area contributed by atoms with Crippen molar-refractivity contribution in [1.29, 1.82) is 0 Å². The Morgan fingerprint density at radius 2 is 2.00 bits per heavy atom. The first kappa shape index (κ1) is 14.1. The number of rotatable bonds is 5. The molecular formula is C14H24N4O. The van der Waals surface area contributed by atoms with Crippen LogP contribution >= 0.6 is 0 Å². The van der Waals surface area contributed by atoms with E-state index in [1.54, 1.807) is 6.33 Å². The van der Waals surface area contributed by atoms with Gasteiger partial charge in [0.25, 0.3) is 0 Å². The van der Waals surface area contributed by atoms with Gasteiger partial charge in [0.15, 0.2) is 0 Å². The van der Waals surface area contributed by atoms with Crippen LogP contribution in [0.5, 0.6) is 0 Å². The Balaban J connectivity index is 2.11. The molecule has 2 rings (SSSR count). The lowest BCUT2D eigenvalue weighted by Crippen LogP contribution is -2.35. The van der Waals surface area contributed by atoms with Gasteiger partial charge in [-0.2, -0.15) is 0 Å². The van der Waals surface area contributed by atoms with Gasteiger partial charge in [0.05, 0.1) is 0 Å². The zero-order valence-corrected chi connectivity index (χ0v) is 11.8. The molecule has 1 saturated carbocycles. The first-order chi connectivity index (χ1) is 9.26. The number of aliphatic hydroxyl groups excluding tert-OH is 1. The zero-order chi connectivity index (χ0) is 13.7. The molecule has 5 nitrogen and oxygen atoms in total. The lowest BCUT2D eigenvalue weighted by atomic mass is 9.85. The third-order valence-electron chi connectivity index (χ3n) is 3.89. The summed E-state index contributed by atoms with van der Waals surface area (Å²) in [6.45, 7) is 5.18. The Labute approximate surface area is 114 Å². The highest BCUT2D eigenvalue weighted by Crippen LogP contribution is 2.28. The molecule has 1 aromatic rings. The monoisotopic (exact) mass is 264 g/mol. The molecule has 1 fully saturated rings. The van der Waals surface area contributed by atoms with E-state index in [4.69, 9.17) is 0 Å². The zero-order valence-electron chi connectivity index (χ0n) is 11.8. The molecule has 0 spiro atoms. The first-order valence-electron chi connectivity index (χ1n) is 7.19. The topological polar surface area (TPSA) is 70.1 Å². The Bertz CT molecular complexity index is 410. The average molecular weight is 264 g/mol. The normalized spacial score (nSPS) is 23.1. The molecule has 1 aromatic heterocycles. The fourth-order valence-corrected chi connectivity index (χ4v) is 2.73. The maximum absolute atomic E-state index is 9.46. The lowest BCUT2D eigenvalue weighted by molar-refractivity contribution is 0.178. The number of hydrogen-bond acceptors (Lipinski definition) is 5. The molecule has 5 heteroatoms. The Kier molecular flexibility index (Phi) is 4.96. The van der Waals surface area contributed by atoms with E-state index in [9.17, 15) is 5.11 Å². The smallest absolute Gasteiger partial charge is 0.134 e. The molecule has 1 heterocycles. The van der Waals surface area contributed by atoms with Crippen molar-refractivity contribution >= 4 is 11.6 Å². The number of aliphatic hydroxyl groups is 1. The number of aromatic nitrogens is 2. The van der Waals surface area contributed by atoms with Gasteiger partial charge in [-0.3, -0.25) is 0 Å². The van der Waals surface area contributed by atoms with Crippen molar-refractivity contribution in [3.63, 3.8) is 0 Å². The van der Waals surface area contributed by atoms with Crippen molar-refractivity contribution in [2.24, 2.45) is 5.92 Å². The van der Waals surface area contributed by atoms with Crippen LogP contribution in [0.4, 0.5) is 11.6 Å². The highest BCUT2D eigenvalue weighted by Gasteiger charge is 2.25. The van der Waals surface area contributed by atoms with Crippen LogP contribution in [-0.4, -0.2) is 34.3 Å². The van der Waals surface area contributed by atoms with Crippen molar-refractivity contribution in [3.05, 3.63) is 11.9 Å². The summed E-state index contributed by atoms with van der Waals surface area (Å²) in [5.41, 5.74) is 1.05. The van der Waals surface area contributed by atoms with Crippen LogP contribution in [0, 0.1) is 12.8 Å². The van der Waals surface area contributed by atoms with E-state index >= 15 is 0 Å². The highest BCUT2D eigenvalue weighted by molar-refractivity contribution is 5.56. The molecule has 0 aromatic carbocycles. The van der Waals surface area contributed by atoms with Crippen molar-refractivity contribution in [2.75, 3.05) is 23.8 Å². The van der Waals surface area contributed by atoms with E-state index in [2.05, 4.69) is 27.5 Å². The highest BCUT2D eigenvalue weighted by atomic mass is 16.3. The van der Waals surface area contributed by atoms with Crippen LogP contribution < -0.4 is 10.6 Å². The Morgan fingerprint density at radius 3 is 2.74 bits per heavy atom. The van der Waals surface area contributed by atoms with E-state index in [0.29, 0.717) is 12.0 Å². The summed E-state index contributed by atoms with van der Waals surface area (Å²) in [5.74, 6) is 2.11. The van der Waals surface area contributed by atoms with Crippen molar-refractivity contribution in [1.82, 2.24) is 9.97 Å². The second-order valence-electron chi connectivity index (χ2n) is 5.20. The fraction of sp³-hybridized carbons (Fsp3) is 0.714. The predicted molar refractivity (Wildman–Crippen MR) is 77.4 cm³/mol. The van der Waals surface area contributed by atoms with Crippen LogP contribution in [0.25, 0.3) is 0 Å². The molecule has 2 atom stereocenters. The average Bonchev–Trinajstić information content (AvgIpc) is 2.44. The summed E-state index contributed by atoms with van der Waals surface area (Å²) in [6, 6.07) is 0.321. The molecule has 0 aliphatic heterocycles. The van der Waals surface area contributed by atoms with Crippen LogP contribution in [-0.2, 0) is 0 Å². The molecule has 106 valence electrons. The summed E-state index contributed by atoms with van der Waals surface area (Å²) in [7, 11) is 0. The lowest BCUT2D eigenvalue weighted by Gasteiger charge is -2.31. The summed E-state index contributed by atoms with van der Waals surface area (Å²) < 4.78 is 0. The quantitative estimate of drug-likeness (QED) is 0.760. The van der Waals surface area contributed by atoms with Crippen LogP contribution in [0.2, 0.25) is 0 Å². The number of nitrogens with one attached hydrogen (secondary N) is 2. The van der Waals surface area contributed by atoms with Gasteiger partial charge in [-0.05, 0) is 26.7 Å². The summed E-state index contributed by atoms with van der Waals surface area (Å²) in [4.78, 5) is 8.59. The van der Waals surface area contributed by atoms with Gasteiger partial charge in [0, 0.05) is 30.7 Å². The Hall–Kier alpha value is -1.36. The predicted octanol–water partition coefficient (Wildman–Crippen LogP) is 2.18. The van der Waals surface area contributed by atoms with Gasteiger partial charge in [-0.1, -0.05) is 12.8 Å². The number of hydrogen-bond donors (Lipinski definition) is 3. The van der Waals surface area contributed by atoms with E-state index in [-0.39, 0.29) is 6.61 Å². The Morgan fingerprint density at radius 1 is 1.26 bits per heavy atom.